The van der Waals surface area contributed by atoms with Crippen LogP contribution in [0.3, 0.4) is 0 Å². The van der Waals surface area contributed by atoms with Crippen molar-refractivity contribution in [2.24, 2.45) is 5.73 Å². The molecule has 80 valence electrons. The predicted molar refractivity (Wildman–Crippen MR) is 58.0 cm³/mol. The second-order valence-corrected chi connectivity index (χ2v) is 2.79. The second-order valence-electron chi connectivity index (χ2n) is 2.79. The molecule has 0 bridgehead atoms. The fourth-order valence-corrected chi connectivity index (χ4v) is 0.823. The summed E-state index contributed by atoms with van der Waals surface area (Å²) in [4.78, 5) is 0. The van der Waals surface area contributed by atoms with Crippen LogP contribution in [0.4, 0.5) is 0 Å². The molecule has 0 amide bonds. The Kier molecular flexibility index (Phi) is 8.13. The van der Waals surface area contributed by atoms with Crippen LogP contribution in [0.2, 0.25) is 0 Å². The highest BCUT2D eigenvalue weighted by Gasteiger charge is 1.96. The summed E-state index contributed by atoms with van der Waals surface area (Å²) < 4.78 is 9.40. The minimum absolute atomic E-state index is 0.236. The summed E-state index contributed by atoms with van der Waals surface area (Å²) in [5.41, 5.74) is 6.47. The summed E-state index contributed by atoms with van der Waals surface area (Å²) in [5, 5.41) is 0. The van der Waals surface area contributed by atoms with Gasteiger partial charge in [0.05, 0.1) is 0 Å². The second kappa shape index (κ2) is 8.69. The van der Waals surface area contributed by atoms with Crippen molar-refractivity contribution in [3.05, 3.63) is 35.9 Å². The van der Waals surface area contributed by atoms with Crippen LogP contribution in [0.1, 0.15) is 5.56 Å². The van der Waals surface area contributed by atoms with Crippen molar-refractivity contribution in [3.8, 4) is 0 Å². The van der Waals surface area contributed by atoms with E-state index in [1.165, 1.54) is 5.56 Å². The van der Waals surface area contributed by atoms with Crippen LogP contribution in [0, 0.1) is 6.92 Å². The van der Waals surface area contributed by atoms with Crippen LogP contribution in [0.25, 0.3) is 0 Å². The summed E-state index contributed by atoms with van der Waals surface area (Å²) >= 11 is 0. The average molecular weight is 197 g/mol. The Morgan fingerprint density at radius 1 is 1.14 bits per heavy atom. The molecule has 1 aromatic carbocycles. The van der Waals surface area contributed by atoms with Crippen molar-refractivity contribution in [2.45, 2.75) is 13.2 Å². The van der Waals surface area contributed by atoms with Gasteiger partial charge in [0, 0.05) is 20.8 Å². The van der Waals surface area contributed by atoms with E-state index >= 15 is 0 Å². The molecule has 0 heterocycles. The molecular formula is C11H19NO2. The molecule has 0 aliphatic carbocycles. The predicted octanol–water partition coefficient (Wildman–Crippen LogP) is 1.56. The first kappa shape index (κ1) is 13.1. The summed E-state index contributed by atoms with van der Waals surface area (Å²) in [6.07, 6.45) is -0.236. The minimum Gasteiger partial charge on any atom is -0.355 e. The third kappa shape index (κ3) is 6.60. The fourth-order valence-electron chi connectivity index (χ4n) is 0.823. The van der Waals surface area contributed by atoms with Crippen LogP contribution >= 0.6 is 0 Å². The number of benzene rings is 1. The monoisotopic (exact) mass is 197 g/mol. The number of ether oxygens (including phenoxy) is 2. The van der Waals surface area contributed by atoms with E-state index in [1.54, 1.807) is 14.2 Å². The van der Waals surface area contributed by atoms with Crippen molar-refractivity contribution in [1.29, 1.82) is 0 Å². The van der Waals surface area contributed by atoms with Gasteiger partial charge in [-0.2, -0.15) is 0 Å². The Balaban J connectivity index is 0.000000241. The Labute approximate surface area is 85.8 Å². The molecule has 0 radical (unpaired) electrons. The average Bonchev–Trinajstić information content (AvgIpc) is 2.22. The molecule has 0 atom stereocenters. The van der Waals surface area contributed by atoms with Crippen LogP contribution in [0.5, 0.6) is 0 Å². The van der Waals surface area contributed by atoms with Gasteiger partial charge in [-0.15, -0.1) is 0 Å². The molecule has 0 unspecified atom stereocenters. The van der Waals surface area contributed by atoms with Gasteiger partial charge in [0.15, 0.2) is 6.29 Å². The van der Waals surface area contributed by atoms with E-state index < -0.39 is 0 Å². The van der Waals surface area contributed by atoms with E-state index in [0.717, 1.165) is 0 Å². The summed E-state index contributed by atoms with van der Waals surface area (Å²) in [6, 6.07) is 10.3. The SMILES string of the molecule is COC(CN)OC.Cc1ccccc1. The van der Waals surface area contributed by atoms with Crippen molar-refractivity contribution < 1.29 is 9.47 Å². The highest BCUT2D eigenvalue weighted by molar-refractivity contribution is 5.11. The molecule has 0 saturated carbocycles. The molecule has 2 N–H and O–H groups in total. The summed E-state index contributed by atoms with van der Waals surface area (Å²) in [5.74, 6) is 0. The zero-order chi connectivity index (χ0) is 10.8. The quantitative estimate of drug-likeness (QED) is 0.748. The molecule has 0 aliphatic heterocycles. The summed E-state index contributed by atoms with van der Waals surface area (Å²) in [7, 11) is 3.11. The van der Waals surface area contributed by atoms with Crippen molar-refractivity contribution in [2.75, 3.05) is 20.8 Å². The first-order valence-electron chi connectivity index (χ1n) is 4.52. The third-order valence-corrected chi connectivity index (χ3v) is 1.66. The lowest BCUT2D eigenvalue weighted by molar-refractivity contribution is -0.0940. The van der Waals surface area contributed by atoms with Gasteiger partial charge in [-0.25, -0.2) is 0 Å². The first-order valence-corrected chi connectivity index (χ1v) is 4.52. The highest BCUT2D eigenvalue weighted by atomic mass is 16.7. The fraction of sp³-hybridized carbons (Fsp3) is 0.455. The van der Waals surface area contributed by atoms with E-state index in [2.05, 4.69) is 19.1 Å². The summed E-state index contributed by atoms with van der Waals surface area (Å²) in [6.45, 7) is 2.49. The third-order valence-electron chi connectivity index (χ3n) is 1.66. The van der Waals surface area contributed by atoms with Crippen molar-refractivity contribution >= 4 is 0 Å². The van der Waals surface area contributed by atoms with Gasteiger partial charge in [-0.1, -0.05) is 35.9 Å². The maximum Gasteiger partial charge on any atom is 0.168 e. The number of rotatable bonds is 3. The zero-order valence-corrected chi connectivity index (χ0v) is 9.07. The van der Waals surface area contributed by atoms with E-state index in [4.69, 9.17) is 15.2 Å². The Hall–Kier alpha value is -0.900. The molecule has 0 spiro atoms. The minimum atomic E-state index is -0.236. The number of nitrogens with two attached hydrogens (primary N) is 1. The molecule has 0 fully saturated rings. The molecule has 0 aliphatic rings. The largest absolute Gasteiger partial charge is 0.355 e. The molecule has 1 aromatic rings. The van der Waals surface area contributed by atoms with E-state index in [1.807, 2.05) is 18.2 Å². The lowest BCUT2D eigenvalue weighted by atomic mass is 10.2. The van der Waals surface area contributed by atoms with Crippen LogP contribution < -0.4 is 5.73 Å². The number of aryl methyl sites for hydroxylation is 1. The van der Waals surface area contributed by atoms with Gasteiger partial charge in [-0.3, -0.25) is 0 Å². The lowest BCUT2D eigenvalue weighted by Gasteiger charge is -2.08. The zero-order valence-electron chi connectivity index (χ0n) is 9.07. The molecule has 14 heavy (non-hydrogen) atoms. The Morgan fingerprint density at radius 2 is 1.64 bits per heavy atom. The van der Waals surface area contributed by atoms with Crippen LogP contribution in [-0.2, 0) is 9.47 Å². The maximum atomic E-state index is 5.14. The number of methoxy groups -OCH3 is 2. The Bertz CT molecular complexity index is 204. The maximum absolute atomic E-state index is 5.14. The normalized spacial score (nSPS) is 9.50. The number of hydrogen-bond acceptors (Lipinski definition) is 3. The highest BCUT2D eigenvalue weighted by Crippen LogP contribution is 1.92. The van der Waals surface area contributed by atoms with Gasteiger partial charge in [0.2, 0.25) is 0 Å². The molecule has 1 rings (SSSR count). The number of hydrogen-bond donors (Lipinski definition) is 1. The van der Waals surface area contributed by atoms with E-state index in [0.29, 0.717) is 6.54 Å². The van der Waals surface area contributed by atoms with Gasteiger partial charge < -0.3 is 15.2 Å². The topological polar surface area (TPSA) is 44.5 Å². The van der Waals surface area contributed by atoms with Gasteiger partial charge in [0.25, 0.3) is 0 Å². The molecular weight excluding hydrogens is 178 g/mol. The van der Waals surface area contributed by atoms with E-state index in [9.17, 15) is 0 Å². The van der Waals surface area contributed by atoms with Gasteiger partial charge in [-0.05, 0) is 6.92 Å². The van der Waals surface area contributed by atoms with Crippen molar-refractivity contribution in [1.82, 2.24) is 0 Å². The molecule has 3 heteroatoms. The standard InChI is InChI=1S/C7H8.C4H11NO2/c1-7-5-3-2-4-6-7;1-6-4(3-5)7-2/h2-6H,1H3;4H,3,5H2,1-2H3. The molecule has 3 nitrogen and oxygen atoms in total. The molecule has 0 saturated heterocycles. The van der Waals surface area contributed by atoms with E-state index in [-0.39, 0.29) is 6.29 Å². The van der Waals surface area contributed by atoms with Gasteiger partial charge in [0.1, 0.15) is 0 Å². The first-order chi connectivity index (χ1) is 6.74. The van der Waals surface area contributed by atoms with Gasteiger partial charge >= 0.3 is 0 Å². The smallest absolute Gasteiger partial charge is 0.168 e. The molecule has 0 aromatic heterocycles. The van der Waals surface area contributed by atoms with Crippen molar-refractivity contribution in [3.63, 3.8) is 0 Å². The van der Waals surface area contributed by atoms with Crippen LogP contribution in [0.15, 0.2) is 30.3 Å². The Morgan fingerprint density at radius 3 is 1.79 bits per heavy atom. The lowest BCUT2D eigenvalue weighted by Crippen LogP contribution is -2.23. The van der Waals surface area contributed by atoms with Crippen LogP contribution in [-0.4, -0.2) is 27.1 Å².